The average molecular weight is 233 g/mol. The first-order valence-electron chi connectivity index (χ1n) is 6.26. The van der Waals surface area contributed by atoms with Crippen LogP contribution in [0.4, 0.5) is 0 Å². The van der Waals surface area contributed by atoms with E-state index in [1.807, 2.05) is 0 Å². The van der Waals surface area contributed by atoms with Crippen molar-refractivity contribution in [2.24, 2.45) is 5.73 Å². The second kappa shape index (κ2) is 5.32. The van der Waals surface area contributed by atoms with Crippen LogP contribution < -0.4 is 5.73 Å². The van der Waals surface area contributed by atoms with Gasteiger partial charge in [0.1, 0.15) is 0 Å². The molecule has 0 aromatic heterocycles. The van der Waals surface area contributed by atoms with Gasteiger partial charge in [0.25, 0.3) is 0 Å². The first kappa shape index (κ1) is 12.1. The van der Waals surface area contributed by atoms with Crippen molar-refractivity contribution < 1.29 is 9.90 Å². The summed E-state index contributed by atoms with van der Waals surface area (Å²) in [5.41, 5.74) is 9.93. The van der Waals surface area contributed by atoms with Crippen molar-refractivity contribution in [2.45, 2.75) is 44.6 Å². The fraction of sp³-hybridized carbons (Fsp3) is 0.500. The van der Waals surface area contributed by atoms with Crippen LogP contribution in [0.5, 0.6) is 0 Å². The van der Waals surface area contributed by atoms with E-state index in [1.165, 1.54) is 30.4 Å². The van der Waals surface area contributed by atoms with Gasteiger partial charge in [0.2, 0.25) is 0 Å². The highest BCUT2D eigenvalue weighted by molar-refractivity contribution is 5.66. The molecular formula is C14H19NO2. The molecular weight excluding hydrogens is 214 g/mol. The number of benzene rings is 1. The Balaban J connectivity index is 2.08. The van der Waals surface area contributed by atoms with E-state index < -0.39 is 5.97 Å². The minimum Gasteiger partial charge on any atom is -0.481 e. The molecule has 0 saturated heterocycles. The maximum atomic E-state index is 10.5. The standard InChI is InChI=1S/C14H19NO2/c15-13(7-8-14(16)17)12-6-5-10-3-1-2-4-11(10)9-12/h5-6,9,13H,1-4,7-8,15H2,(H,16,17). The molecule has 1 atom stereocenters. The van der Waals surface area contributed by atoms with Crippen LogP contribution >= 0.6 is 0 Å². The fourth-order valence-electron chi connectivity index (χ4n) is 2.43. The molecule has 0 bridgehead atoms. The Morgan fingerprint density at radius 2 is 2.00 bits per heavy atom. The van der Waals surface area contributed by atoms with Crippen LogP contribution in [0.15, 0.2) is 18.2 Å². The van der Waals surface area contributed by atoms with E-state index in [1.54, 1.807) is 0 Å². The van der Waals surface area contributed by atoms with Crippen molar-refractivity contribution in [3.05, 3.63) is 34.9 Å². The molecule has 0 fully saturated rings. The predicted octanol–water partition coefficient (Wildman–Crippen LogP) is 2.43. The van der Waals surface area contributed by atoms with Crippen molar-refractivity contribution in [2.75, 3.05) is 0 Å². The SMILES string of the molecule is NC(CCC(=O)O)c1ccc2c(c1)CCCC2. The highest BCUT2D eigenvalue weighted by Crippen LogP contribution is 2.25. The van der Waals surface area contributed by atoms with Gasteiger partial charge in [-0.25, -0.2) is 0 Å². The zero-order chi connectivity index (χ0) is 12.3. The third kappa shape index (κ3) is 3.07. The number of fused-ring (bicyclic) bond motifs is 1. The molecule has 92 valence electrons. The molecule has 0 heterocycles. The lowest BCUT2D eigenvalue weighted by molar-refractivity contribution is -0.137. The molecule has 0 radical (unpaired) electrons. The average Bonchev–Trinajstić information content (AvgIpc) is 2.35. The van der Waals surface area contributed by atoms with Crippen molar-refractivity contribution in [1.29, 1.82) is 0 Å². The zero-order valence-corrected chi connectivity index (χ0v) is 9.98. The van der Waals surface area contributed by atoms with Gasteiger partial charge in [-0.15, -0.1) is 0 Å². The summed E-state index contributed by atoms with van der Waals surface area (Å²) in [4.78, 5) is 10.5. The van der Waals surface area contributed by atoms with Crippen molar-refractivity contribution in [3.63, 3.8) is 0 Å². The van der Waals surface area contributed by atoms with Crippen LogP contribution in [0, 0.1) is 0 Å². The van der Waals surface area contributed by atoms with E-state index in [2.05, 4.69) is 18.2 Å². The third-order valence-electron chi connectivity index (χ3n) is 3.47. The van der Waals surface area contributed by atoms with Crippen LogP contribution in [0.1, 0.15) is 48.4 Å². The minimum atomic E-state index is -0.779. The second-order valence-electron chi connectivity index (χ2n) is 4.77. The molecule has 0 aliphatic heterocycles. The Labute approximate surface area is 102 Å². The number of rotatable bonds is 4. The summed E-state index contributed by atoms with van der Waals surface area (Å²) in [6, 6.07) is 6.22. The third-order valence-corrected chi connectivity index (χ3v) is 3.47. The number of aliphatic carboxylic acids is 1. The number of hydrogen-bond donors (Lipinski definition) is 2. The number of hydrogen-bond acceptors (Lipinski definition) is 2. The Kier molecular flexibility index (Phi) is 3.79. The van der Waals surface area contributed by atoms with Crippen molar-refractivity contribution in [3.8, 4) is 0 Å². The van der Waals surface area contributed by atoms with Gasteiger partial charge in [-0.3, -0.25) is 4.79 Å². The van der Waals surface area contributed by atoms with Gasteiger partial charge >= 0.3 is 5.97 Å². The molecule has 1 aliphatic carbocycles. The van der Waals surface area contributed by atoms with Crippen LogP contribution in [0.2, 0.25) is 0 Å². The van der Waals surface area contributed by atoms with Crippen molar-refractivity contribution in [1.82, 2.24) is 0 Å². The fourth-order valence-corrected chi connectivity index (χ4v) is 2.43. The molecule has 2 rings (SSSR count). The van der Waals surface area contributed by atoms with Crippen LogP contribution in [-0.2, 0) is 17.6 Å². The smallest absolute Gasteiger partial charge is 0.303 e. The van der Waals surface area contributed by atoms with Gasteiger partial charge in [0, 0.05) is 12.5 Å². The molecule has 0 spiro atoms. The topological polar surface area (TPSA) is 63.3 Å². The molecule has 1 aromatic carbocycles. The lowest BCUT2D eigenvalue weighted by Crippen LogP contribution is -2.13. The van der Waals surface area contributed by atoms with Gasteiger partial charge < -0.3 is 10.8 Å². The number of aryl methyl sites for hydroxylation is 2. The lowest BCUT2D eigenvalue weighted by atomic mass is 9.88. The van der Waals surface area contributed by atoms with E-state index in [0.717, 1.165) is 12.0 Å². The summed E-state index contributed by atoms with van der Waals surface area (Å²) in [6.45, 7) is 0. The maximum absolute atomic E-state index is 10.5. The van der Waals surface area contributed by atoms with Crippen LogP contribution in [-0.4, -0.2) is 11.1 Å². The number of carboxylic acids is 1. The van der Waals surface area contributed by atoms with Gasteiger partial charge in [0.05, 0.1) is 0 Å². The molecule has 1 aromatic rings. The normalized spacial score (nSPS) is 16.3. The quantitative estimate of drug-likeness (QED) is 0.839. The predicted molar refractivity (Wildman–Crippen MR) is 66.9 cm³/mol. The molecule has 0 saturated carbocycles. The molecule has 3 heteroatoms. The molecule has 17 heavy (non-hydrogen) atoms. The largest absolute Gasteiger partial charge is 0.481 e. The lowest BCUT2D eigenvalue weighted by Gasteiger charge is -2.19. The summed E-state index contributed by atoms with van der Waals surface area (Å²) in [6.07, 6.45) is 5.47. The molecule has 1 aliphatic rings. The van der Waals surface area contributed by atoms with E-state index in [9.17, 15) is 4.79 Å². The van der Waals surface area contributed by atoms with Crippen molar-refractivity contribution >= 4 is 5.97 Å². The number of nitrogens with two attached hydrogens (primary N) is 1. The van der Waals surface area contributed by atoms with E-state index in [4.69, 9.17) is 10.8 Å². The van der Waals surface area contributed by atoms with Gasteiger partial charge in [-0.05, 0) is 48.8 Å². The second-order valence-corrected chi connectivity index (χ2v) is 4.77. The zero-order valence-electron chi connectivity index (χ0n) is 9.98. The van der Waals surface area contributed by atoms with Crippen LogP contribution in [0.25, 0.3) is 0 Å². The molecule has 1 unspecified atom stereocenters. The summed E-state index contributed by atoms with van der Waals surface area (Å²) in [5, 5.41) is 8.65. The Hall–Kier alpha value is -1.35. The summed E-state index contributed by atoms with van der Waals surface area (Å²) < 4.78 is 0. The first-order chi connectivity index (χ1) is 8.16. The Bertz CT molecular complexity index is 415. The number of carbonyl (C=O) groups is 1. The minimum absolute atomic E-state index is 0.137. The highest BCUT2D eigenvalue weighted by Gasteiger charge is 2.13. The number of carboxylic acid groups (broad SMARTS) is 1. The molecule has 3 nitrogen and oxygen atoms in total. The molecule has 3 N–H and O–H groups in total. The van der Waals surface area contributed by atoms with Gasteiger partial charge in [0.15, 0.2) is 0 Å². The van der Waals surface area contributed by atoms with Gasteiger partial charge in [-0.2, -0.15) is 0 Å². The highest BCUT2D eigenvalue weighted by atomic mass is 16.4. The van der Waals surface area contributed by atoms with E-state index >= 15 is 0 Å². The van der Waals surface area contributed by atoms with E-state index in [-0.39, 0.29) is 12.5 Å². The summed E-state index contributed by atoms with van der Waals surface area (Å²) >= 11 is 0. The van der Waals surface area contributed by atoms with E-state index in [0.29, 0.717) is 6.42 Å². The Morgan fingerprint density at radius 1 is 1.29 bits per heavy atom. The summed E-state index contributed by atoms with van der Waals surface area (Å²) in [5.74, 6) is -0.779. The van der Waals surface area contributed by atoms with Gasteiger partial charge in [-0.1, -0.05) is 18.2 Å². The maximum Gasteiger partial charge on any atom is 0.303 e. The Morgan fingerprint density at radius 3 is 2.71 bits per heavy atom. The van der Waals surface area contributed by atoms with Crippen LogP contribution in [0.3, 0.4) is 0 Å². The molecule has 0 amide bonds. The summed E-state index contributed by atoms with van der Waals surface area (Å²) in [7, 11) is 0. The monoisotopic (exact) mass is 233 g/mol. The first-order valence-corrected chi connectivity index (χ1v) is 6.26.